The van der Waals surface area contributed by atoms with Crippen molar-refractivity contribution in [2.24, 2.45) is 5.73 Å². The zero-order valence-electron chi connectivity index (χ0n) is 10.3. The summed E-state index contributed by atoms with van der Waals surface area (Å²) in [6, 6.07) is 3.55. The number of ether oxygens (including phenoxy) is 1. The molecule has 18 heavy (non-hydrogen) atoms. The smallest absolute Gasteiger partial charge is 0.237 e. The van der Waals surface area contributed by atoms with Crippen LogP contribution in [0.3, 0.4) is 0 Å². The van der Waals surface area contributed by atoms with E-state index in [0.29, 0.717) is 17.9 Å². The Balaban J connectivity index is 2.26. The summed E-state index contributed by atoms with van der Waals surface area (Å²) in [6.45, 7) is 2.19. The van der Waals surface area contributed by atoms with E-state index in [9.17, 15) is 9.18 Å². The van der Waals surface area contributed by atoms with Gasteiger partial charge in [-0.3, -0.25) is 4.79 Å². The largest absolute Gasteiger partial charge is 0.493 e. The molecule has 1 aliphatic rings. The fourth-order valence-corrected chi connectivity index (χ4v) is 2.00. The van der Waals surface area contributed by atoms with Crippen molar-refractivity contribution >= 4 is 5.91 Å². The molecule has 98 valence electrons. The van der Waals surface area contributed by atoms with Gasteiger partial charge in [0.25, 0.3) is 0 Å². The van der Waals surface area contributed by atoms with E-state index in [0.717, 1.165) is 12.8 Å². The lowest BCUT2D eigenvalue weighted by Gasteiger charge is -2.19. The molecule has 0 aromatic heterocycles. The van der Waals surface area contributed by atoms with Gasteiger partial charge in [-0.05, 0) is 38.0 Å². The van der Waals surface area contributed by atoms with Gasteiger partial charge in [0.05, 0.1) is 18.7 Å². The van der Waals surface area contributed by atoms with Crippen LogP contribution in [0, 0.1) is 5.82 Å². The van der Waals surface area contributed by atoms with Crippen LogP contribution in [0.2, 0.25) is 0 Å². The summed E-state index contributed by atoms with van der Waals surface area (Å²) in [6.07, 6.45) is 1.52. The van der Waals surface area contributed by atoms with E-state index in [1.807, 2.05) is 0 Å². The molecule has 0 aliphatic carbocycles. The minimum atomic E-state index is -0.578. The molecule has 0 fully saturated rings. The van der Waals surface area contributed by atoms with E-state index in [1.54, 1.807) is 13.0 Å². The Morgan fingerprint density at radius 3 is 3.11 bits per heavy atom. The van der Waals surface area contributed by atoms with Gasteiger partial charge in [0.15, 0.2) is 0 Å². The van der Waals surface area contributed by atoms with Crippen LogP contribution in [0.25, 0.3) is 0 Å². The first-order chi connectivity index (χ1) is 8.58. The van der Waals surface area contributed by atoms with Gasteiger partial charge in [0, 0.05) is 5.56 Å². The fourth-order valence-electron chi connectivity index (χ4n) is 2.00. The van der Waals surface area contributed by atoms with E-state index in [1.165, 1.54) is 12.1 Å². The van der Waals surface area contributed by atoms with Gasteiger partial charge in [-0.1, -0.05) is 0 Å². The van der Waals surface area contributed by atoms with Gasteiger partial charge in [-0.25, -0.2) is 4.39 Å². The molecule has 1 amide bonds. The number of amides is 1. The first-order valence-electron chi connectivity index (χ1n) is 6.06. The Kier molecular flexibility index (Phi) is 3.81. The second kappa shape index (κ2) is 5.35. The minimum Gasteiger partial charge on any atom is -0.493 e. The molecule has 3 N–H and O–H groups in total. The Morgan fingerprint density at radius 2 is 2.39 bits per heavy atom. The second-order valence-electron chi connectivity index (χ2n) is 4.52. The molecule has 4 nitrogen and oxygen atoms in total. The van der Waals surface area contributed by atoms with E-state index in [-0.39, 0.29) is 17.8 Å². The number of carbonyl (C=O) groups is 1. The van der Waals surface area contributed by atoms with Crippen LogP contribution in [-0.4, -0.2) is 18.6 Å². The monoisotopic (exact) mass is 252 g/mol. The Bertz CT molecular complexity index is 449. The molecule has 0 spiro atoms. The van der Waals surface area contributed by atoms with Crippen molar-refractivity contribution in [1.82, 2.24) is 5.32 Å². The number of halogens is 1. The predicted molar refractivity (Wildman–Crippen MR) is 65.7 cm³/mol. The average molecular weight is 252 g/mol. The summed E-state index contributed by atoms with van der Waals surface area (Å²) < 4.78 is 18.8. The zero-order chi connectivity index (χ0) is 13.1. The molecule has 5 heteroatoms. The third-order valence-corrected chi connectivity index (χ3v) is 2.97. The standard InChI is InChI=1S/C13H17FN2O2/c1-8(15)13(17)16-11-3-2-6-18-12-5-4-9(14)7-10(11)12/h4-5,7-8,11H,2-3,6,15H2,1H3,(H,16,17)/t8-,11?/m1/s1. The minimum absolute atomic E-state index is 0.239. The van der Waals surface area contributed by atoms with Crippen molar-refractivity contribution in [2.75, 3.05) is 6.61 Å². The third kappa shape index (κ3) is 2.79. The lowest BCUT2D eigenvalue weighted by molar-refractivity contribution is -0.122. The SMILES string of the molecule is C[C@@H](N)C(=O)NC1CCCOc2ccc(F)cc21. The van der Waals surface area contributed by atoms with Gasteiger partial charge >= 0.3 is 0 Å². The average Bonchev–Trinajstić information content (AvgIpc) is 2.52. The van der Waals surface area contributed by atoms with E-state index in [2.05, 4.69) is 5.32 Å². The van der Waals surface area contributed by atoms with Crippen LogP contribution < -0.4 is 15.8 Å². The van der Waals surface area contributed by atoms with Crippen LogP contribution in [0.5, 0.6) is 5.75 Å². The maximum Gasteiger partial charge on any atom is 0.237 e. The Morgan fingerprint density at radius 1 is 1.61 bits per heavy atom. The summed E-state index contributed by atoms with van der Waals surface area (Å²) in [5.74, 6) is 0.0558. The Hall–Kier alpha value is -1.62. The predicted octanol–water partition coefficient (Wildman–Crippen LogP) is 1.50. The number of hydrogen-bond acceptors (Lipinski definition) is 3. The van der Waals surface area contributed by atoms with Gasteiger partial charge in [0.1, 0.15) is 11.6 Å². The lowest BCUT2D eigenvalue weighted by Crippen LogP contribution is -2.40. The third-order valence-electron chi connectivity index (χ3n) is 2.97. The number of nitrogens with two attached hydrogens (primary N) is 1. The molecule has 0 radical (unpaired) electrons. The fraction of sp³-hybridized carbons (Fsp3) is 0.462. The maximum absolute atomic E-state index is 13.3. The second-order valence-corrected chi connectivity index (χ2v) is 4.52. The number of nitrogens with one attached hydrogen (secondary N) is 1. The van der Waals surface area contributed by atoms with E-state index in [4.69, 9.17) is 10.5 Å². The highest BCUT2D eigenvalue weighted by Gasteiger charge is 2.23. The molecule has 0 bridgehead atoms. The van der Waals surface area contributed by atoms with Crippen LogP contribution in [0.4, 0.5) is 4.39 Å². The van der Waals surface area contributed by atoms with Crippen LogP contribution in [-0.2, 0) is 4.79 Å². The maximum atomic E-state index is 13.3. The number of hydrogen-bond donors (Lipinski definition) is 2. The first-order valence-corrected chi connectivity index (χ1v) is 6.06. The molecule has 0 saturated carbocycles. The number of rotatable bonds is 2. The number of benzene rings is 1. The van der Waals surface area contributed by atoms with Crippen molar-refractivity contribution < 1.29 is 13.9 Å². The summed E-state index contributed by atoms with van der Waals surface area (Å²) >= 11 is 0. The van der Waals surface area contributed by atoms with E-state index >= 15 is 0 Å². The van der Waals surface area contributed by atoms with Crippen LogP contribution >= 0.6 is 0 Å². The first kappa shape index (κ1) is 12.8. The van der Waals surface area contributed by atoms with E-state index < -0.39 is 6.04 Å². The molecular formula is C13H17FN2O2. The number of fused-ring (bicyclic) bond motifs is 1. The highest BCUT2D eigenvalue weighted by Crippen LogP contribution is 2.31. The summed E-state index contributed by atoms with van der Waals surface area (Å²) in [5.41, 5.74) is 6.21. The molecule has 1 aromatic rings. The molecule has 1 aliphatic heterocycles. The highest BCUT2D eigenvalue weighted by molar-refractivity contribution is 5.81. The van der Waals surface area contributed by atoms with Crippen LogP contribution in [0.15, 0.2) is 18.2 Å². The molecule has 1 unspecified atom stereocenters. The van der Waals surface area contributed by atoms with Crippen molar-refractivity contribution in [1.29, 1.82) is 0 Å². The van der Waals surface area contributed by atoms with Crippen LogP contribution in [0.1, 0.15) is 31.4 Å². The number of carbonyl (C=O) groups excluding carboxylic acids is 1. The van der Waals surface area contributed by atoms with Gasteiger partial charge < -0.3 is 15.8 Å². The Labute approximate surface area is 105 Å². The molecule has 1 heterocycles. The van der Waals surface area contributed by atoms with Crippen molar-refractivity contribution in [2.45, 2.75) is 31.8 Å². The summed E-state index contributed by atoms with van der Waals surface area (Å²) in [7, 11) is 0. The van der Waals surface area contributed by atoms with Gasteiger partial charge in [-0.15, -0.1) is 0 Å². The quantitative estimate of drug-likeness (QED) is 0.838. The lowest BCUT2D eigenvalue weighted by atomic mass is 10.0. The van der Waals surface area contributed by atoms with Gasteiger partial charge in [0.2, 0.25) is 5.91 Å². The molecule has 1 aromatic carbocycles. The van der Waals surface area contributed by atoms with Crippen molar-refractivity contribution in [3.63, 3.8) is 0 Å². The summed E-state index contributed by atoms with van der Waals surface area (Å²) in [4.78, 5) is 11.6. The molecular weight excluding hydrogens is 235 g/mol. The molecule has 0 saturated heterocycles. The molecule has 2 rings (SSSR count). The summed E-state index contributed by atoms with van der Waals surface area (Å²) in [5, 5.41) is 2.83. The molecule has 2 atom stereocenters. The van der Waals surface area contributed by atoms with Crippen molar-refractivity contribution in [3.05, 3.63) is 29.6 Å². The topological polar surface area (TPSA) is 64.4 Å². The van der Waals surface area contributed by atoms with Crippen molar-refractivity contribution in [3.8, 4) is 5.75 Å². The van der Waals surface area contributed by atoms with Gasteiger partial charge in [-0.2, -0.15) is 0 Å². The zero-order valence-corrected chi connectivity index (χ0v) is 10.3. The normalized spacial score (nSPS) is 20.3. The highest BCUT2D eigenvalue weighted by atomic mass is 19.1.